The number of carbonyl (C=O) groups is 2. The molecular weight excluding hydrogens is 368 g/mol. The zero-order valence-corrected chi connectivity index (χ0v) is 16.3. The highest BCUT2D eigenvalue weighted by Crippen LogP contribution is 2.23. The van der Waals surface area contributed by atoms with E-state index < -0.39 is 5.97 Å². The summed E-state index contributed by atoms with van der Waals surface area (Å²) in [4.78, 5) is 31.3. The highest BCUT2D eigenvalue weighted by atomic mass is 16.5. The van der Waals surface area contributed by atoms with E-state index in [4.69, 9.17) is 9.15 Å². The molecule has 0 N–H and O–H groups in total. The van der Waals surface area contributed by atoms with E-state index in [1.165, 1.54) is 12.7 Å². The zero-order valence-electron chi connectivity index (χ0n) is 16.3. The van der Waals surface area contributed by atoms with Crippen LogP contribution in [0, 0.1) is 0 Å². The van der Waals surface area contributed by atoms with Crippen LogP contribution in [0.25, 0.3) is 0 Å². The first-order valence-corrected chi connectivity index (χ1v) is 9.63. The standard InChI is InChI=1S/C23H22N2O4/c1-28-23(27)18-10-6-5-9-17(18)22(26)25-14-13-20-19(15-25)24-21(29-20)12-11-16-7-3-2-4-8-16/h2-10H,11-15H2,1H3. The molecule has 6 nitrogen and oxygen atoms in total. The van der Waals surface area contributed by atoms with Gasteiger partial charge in [0.2, 0.25) is 0 Å². The van der Waals surface area contributed by atoms with Gasteiger partial charge in [0.15, 0.2) is 5.89 Å². The molecular formula is C23H22N2O4. The van der Waals surface area contributed by atoms with Crippen molar-refractivity contribution in [2.24, 2.45) is 0 Å². The lowest BCUT2D eigenvalue weighted by Gasteiger charge is -2.26. The number of hydrogen-bond donors (Lipinski definition) is 0. The van der Waals surface area contributed by atoms with E-state index >= 15 is 0 Å². The summed E-state index contributed by atoms with van der Waals surface area (Å²) < 4.78 is 10.7. The van der Waals surface area contributed by atoms with Crippen molar-refractivity contribution in [3.05, 3.63) is 88.6 Å². The minimum atomic E-state index is -0.517. The maximum atomic E-state index is 13.0. The fourth-order valence-electron chi connectivity index (χ4n) is 3.56. The number of esters is 1. The lowest BCUT2D eigenvalue weighted by atomic mass is 10.0. The van der Waals surface area contributed by atoms with Crippen molar-refractivity contribution in [2.75, 3.05) is 13.7 Å². The first kappa shape index (κ1) is 18.9. The molecule has 148 valence electrons. The van der Waals surface area contributed by atoms with Crippen molar-refractivity contribution in [3.8, 4) is 0 Å². The Hall–Kier alpha value is -3.41. The van der Waals surface area contributed by atoms with Crippen LogP contribution < -0.4 is 0 Å². The van der Waals surface area contributed by atoms with E-state index in [9.17, 15) is 9.59 Å². The van der Waals surface area contributed by atoms with Gasteiger partial charge in [-0.2, -0.15) is 0 Å². The molecule has 0 bridgehead atoms. The van der Waals surface area contributed by atoms with Gasteiger partial charge in [-0.1, -0.05) is 42.5 Å². The van der Waals surface area contributed by atoms with Crippen LogP contribution in [0.1, 0.15) is 43.6 Å². The smallest absolute Gasteiger partial charge is 0.338 e. The molecule has 0 aliphatic carbocycles. The molecule has 4 rings (SSSR count). The SMILES string of the molecule is COC(=O)c1ccccc1C(=O)N1CCc2oc(CCc3ccccc3)nc2C1. The third kappa shape index (κ3) is 4.06. The number of aromatic nitrogens is 1. The summed E-state index contributed by atoms with van der Waals surface area (Å²) in [6.07, 6.45) is 2.19. The molecule has 29 heavy (non-hydrogen) atoms. The molecule has 0 saturated carbocycles. The Morgan fingerprint density at radius 3 is 2.52 bits per heavy atom. The predicted octanol–water partition coefficient (Wildman–Crippen LogP) is 3.44. The van der Waals surface area contributed by atoms with Gasteiger partial charge in [-0.15, -0.1) is 0 Å². The number of oxazole rings is 1. The van der Waals surface area contributed by atoms with E-state index in [0.29, 0.717) is 31.0 Å². The van der Waals surface area contributed by atoms with Crippen LogP contribution in [-0.2, 0) is 30.5 Å². The maximum Gasteiger partial charge on any atom is 0.338 e. The summed E-state index contributed by atoms with van der Waals surface area (Å²) in [5, 5.41) is 0. The number of rotatable bonds is 5. The van der Waals surface area contributed by atoms with Crippen LogP contribution in [0.15, 0.2) is 59.0 Å². The Labute approximate surface area is 169 Å². The Bertz CT molecular complexity index is 1030. The molecule has 6 heteroatoms. The number of nitrogens with zero attached hydrogens (tertiary/aromatic N) is 2. The van der Waals surface area contributed by atoms with Crippen molar-refractivity contribution < 1.29 is 18.7 Å². The molecule has 2 aromatic carbocycles. The number of methoxy groups -OCH3 is 1. The minimum Gasteiger partial charge on any atom is -0.465 e. The molecule has 1 aliphatic rings. The average molecular weight is 390 g/mol. The molecule has 1 aliphatic heterocycles. The molecule has 3 aromatic rings. The number of benzene rings is 2. The van der Waals surface area contributed by atoms with Crippen molar-refractivity contribution in [3.63, 3.8) is 0 Å². The normalized spacial score (nSPS) is 13.1. The largest absolute Gasteiger partial charge is 0.465 e. The average Bonchev–Trinajstić information content (AvgIpc) is 3.19. The summed E-state index contributed by atoms with van der Waals surface area (Å²) in [5.74, 6) is 0.822. The van der Waals surface area contributed by atoms with Crippen LogP contribution >= 0.6 is 0 Å². The Morgan fingerprint density at radius 1 is 1.03 bits per heavy atom. The highest BCUT2D eigenvalue weighted by Gasteiger charge is 2.28. The molecule has 0 radical (unpaired) electrons. The van der Waals surface area contributed by atoms with Crippen LogP contribution in [-0.4, -0.2) is 35.4 Å². The van der Waals surface area contributed by atoms with E-state index in [2.05, 4.69) is 17.1 Å². The van der Waals surface area contributed by atoms with Gasteiger partial charge in [-0.25, -0.2) is 9.78 Å². The molecule has 0 spiro atoms. The van der Waals surface area contributed by atoms with Crippen molar-refractivity contribution in [2.45, 2.75) is 25.8 Å². The molecule has 0 unspecified atom stereocenters. The molecule has 0 fully saturated rings. The van der Waals surface area contributed by atoms with Gasteiger partial charge < -0.3 is 14.1 Å². The monoisotopic (exact) mass is 390 g/mol. The third-order valence-corrected chi connectivity index (χ3v) is 5.09. The van der Waals surface area contributed by atoms with E-state index in [-0.39, 0.29) is 11.5 Å². The molecule has 1 amide bonds. The summed E-state index contributed by atoms with van der Waals surface area (Å²) in [5.41, 5.74) is 2.65. The maximum absolute atomic E-state index is 13.0. The summed E-state index contributed by atoms with van der Waals surface area (Å²) in [7, 11) is 1.31. The topological polar surface area (TPSA) is 72.6 Å². The fourth-order valence-corrected chi connectivity index (χ4v) is 3.56. The second-order valence-corrected chi connectivity index (χ2v) is 6.98. The minimum absolute atomic E-state index is 0.203. The molecule has 0 atom stereocenters. The van der Waals surface area contributed by atoms with E-state index in [1.807, 2.05) is 18.2 Å². The van der Waals surface area contributed by atoms with Crippen molar-refractivity contribution in [1.29, 1.82) is 0 Å². The van der Waals surface area contributed by atoms with Crippen molar-refractivity contribution in [1.82, 2.24) is 9.88 Å². The third-order valence-electron chi connectivity index (χ3n) is 5.09. The number of ether oxygens (including phenoxy) is 1. The number of carbonyl (C=O) groups excluding carboxylic acids is 2. The lowest BCUT2D eigenvalue weighted by Crippen LogP contribution is -2.36. The van der Waals surface area contributed by atoms with Gasteiger partial charge in [0.1, 0.15) is 11.5 Å². The quantitative estimate of drug-likeness (QED) is 0.624. The number of aryl methyl sites for hydroxylation is 2. The van der Waals surface area contributed by atoms with Gasteiger partial charge >= 0.3 is 5.97 Å². The summed E-state index contributed by atoms with van der Waals surface area (Å²) in [6, 6.07) is 16.9. The molecule has 1 aromatic heterocycles. The first-order chi connectivity index (χ1) is 14.2. The molecule has 2 heterocycles. The van der Waals surface area contributed by atoms with Crippen molar-refractivity contribution >= 4 is 11.9 Å². The van der Waals surface area contributed by atoms with Gasteiger partial charge in [0, 0.05) is 19.4 Å². The summed E-state index contributed by atoms with van der Waals surface area (Å²) in [6.45, 7) is 0.896. The summed E-state index contributed by atoms with van der Waals surface area (Å²) >= 11 is 0. The Kier molecular flexibility index (Phi) is 5.42. The van der Waals surface area contributed by atoms with Gasteiger partial charge in [0.05, 0.1) is 24.8 Å². The Balaban J connectivity index is 1.47. The van der Waals surface area contributed by atoms with Gasteiger partial charge in [-0.05, 0) is 24.1 Å². The highest BCUT2D eigenvalue weighted by molar-refractivity contribution is 6.05. The number of amides is 1. The van der Waals surface area contributed by atoms with E-state index in [0.717, 1.165) is 24.3 Å². The number of fused-ring (bicyclic) bond motifs is 1. The van der Waals surface area contributed by atoms with Crippen LogP contribution in [0.3, 0.4) is 0 Å². The second-order valence-electron chi connectivity index (χ2n) is 6.98. The van der Waals surface area contributed by atoms with Gasteiger partial charge in [0.25, 0.3) is 5.91 Å². The lowest BCUT2D eigenvalue weighted by molar-refractivity contribution is 0.0588. The first-order valence-electron chi connectivity index (χ1n) is 9.63. The van der Waals surface area contributed by atoms with Crippen LogP contribution in [0.2, 0.25) is 0 Å². The van der Waals surface area contributed by atoms with Gasteiger partial charge in [-0.3, -0.25) is 4.79 Å². The Morgan fingerprint density at radius 2 is 1.76 bits per heavy atom. The van der Waals surface area contributed by atoms with E-state index in [1.54, 1.807) is 29.2 Å². The second kappa shape index (κ2) is 8.31. The van der Waals surface area contributed by atoms with Crippen LogP contribution in [0.4, 0.5) is 0 Å². The number of hydrogen-bond acceptors (Lipinski definition) is 5. The fraction of sp³-hybridized carbons (Fsp3) is 0.261. The zero-order chi connectivity index (χ0) is 20.2. The van der Waals surface area contributed by atoms with Crippen LogP contribution in [0.5, 0.6) is 0 Å². The predicted molar refractivity (Wildman–Crippen MR) is 107 cm³/mol. The molecule has 0 saturated heterocycles.